The number of hydrogen-bond donors (Lipinski definition) is 2. The van der Waals surface area contributed by atoms with Crippen LogP contribution in [0.25, 0.3) is 0 Å². The van der Waals surface area contributed by atoms with E-state index in [0.717, 1.165) is 116 Å². The molecule has 10 heteroatoms. The second-order valence-electron chi connectivity index (χ2n) is 23.6. The largest absolute Gasteiger partial charge is 0.472 e. The summed E-state index contributed by atoms with van der Waals surface area (Å²) in [5.74, 6) is -0.535. The van der Waals surface area contributed by atoms with Crippen molar-refractivity contribution in [3.8, 4) is 0 Å². The smallest absolute Gasteiger partial charge is 0.456 e. The Balaban J connectivity index is 5.13. The van der Waals surface area contributed by atoms with Gasteiger partial charge in [-0.05, 0) is 115 Å². The highest BCUT2D eigenvalue weighted by Crippen LogP contribution is 2.43. The number of hydrogen-bond acceptors (Lipinski definition) is 6. The maximum absolute atomic E-state index is 13.6. The van der Waals surface area contributed by atoms with Gasteiger partial charge >= 0.3 is 13.8 Å². The molecule has 3 atom stereocenters. The molecule has 0 aliphatic heterocycles. The standard InChI is InChI=1S/C72H127N2O7P/c1-7-10-13-16-19-22-25-28-30-32-33-34-35-36-37-38-39-40-41-43-45-47-50-53-56-59-62-65-72(76)81-70(63-60-57-54-51-48-27-24-21-18-15-12-9-3)69(68-80-82(77,78)79-67-66-74(4,5)6)73-71(75)64-61-58-55-52-49-46-44-42-31-29-26-23-20-17-14-11-8-2/h10,13,19-20,22-23,28-31,33-34,36-37,44,46,60,63,69-70H,7-9,11-12,14-18,21,24-27,32,35,38-43,45,47-59,61-62,64-68H2,1-6H3,(H-,73,75,77,78)/p+1/b13-10-,22-19-,23-20-,30-28-,31-29-,34-33-,37-36-,46-44-,63-60-. The molecule has 0 saturated heterocycles. The number of rotatable bonds is 60. The number of carbonyl (C=O) groups excluding carboxylic acids is 2. The van der Waals surface area contributed by atoms with E-state index in [1.165, 1.54) is 135 Å². The summed E-state index contributed by atoms with van der Waals surface area (Å²) in [6, 6.07) is -0.868. The molecule has 0 aliphatic carbocycles. The molecule has 0 aromatic heterocycles. The van der Waals surface area contributed by atoms with E-state index in [-0.39, 0.29) is 31.5 Å². The molecule has 0 spiro atoms. The summed E-state index contributed by atoms with van der Waals surface area (Å²) >= 11 is 0. The van der Waals surface area contributed by atoms with Crippen LogP contribution in [-0.4, -0.2) is 74.3 Å². The van der Waals surface area contributed by atoms with Gasteiger partial charge in [0, 0.05) is 12.8 Å². The first-order chi connectivity index (χ1) is 39.9. The number of ether oxygens (including phenoxy) is 1. The average molecular weight is 1160 g/mol. The van der Waals surface area contributed by atoms with E-state index in [0.29, 0.717) is 17.4 Å². The molecule has 472 valence electrons. The second-order valence-corrected chi connectivity index (χ2v) is 25.1. The third-order valence-corrected chi connectivity index (χ3v) is 15.4. The lowest BCUT2D eigenvalue weighted by atomic mass is 10.0. The SMILES string of the molecule is CC/C=C\C/C=C\C/C=C\C/C=C\C/C=C\CCCCCCCCCCCCCC(=O)OC(/C=C\CCCCCCCCCCCC)C(COP(=O)(O)OCC[N+](C)(C)C)NC(=O)CCCCCC/C=C\C/C=C\C/C=C\CCCCC. The van der Waals surface area contributed by atoms with E-state index in [1.54, 1.807) is 0 Å². The quantitative estimate of drug-likeness (QED) is 0.0205. The first kappa shape index (κ1) is 78.7. The van der Waals surface area contributed by atoms with Crippen LogP contribution in [-0.2, 0) is 27.9 Å². The predicted octanol–water partition coefficient (Wildman–Crippen LogP) is 21.3. The number of amides is 1. The Kier molecular flexibility index (Phi) is 58.3. The van der Waals surface area contributed by atoms with Gasteiger partial charge in [0.1, 0.15) is 19.3 Å². The van der Waals surface area contributed by atoms with Crippen molar-refractivity contribution in [3.63, 3.8) is 0 Å². The molecule has 1 amide bonds. The zero-order chi connectivity index (χ0) is 60.0. The number of unbranched alkanes of at least 4 members (excludes halogenated alkanes) is 28. The molecule has 3 unspecified atom stereocenters. The summed E-state index contributed by atoms with van der Waals surface area (Å²) in [5.41, 5.74) is 0. The Morgan fingerprint density at radius 2 is 0.780 bits per heavy atom. The number of nitrogens with zero attached hydrogens (tertiary/aromatic N) is 1. The fourth-order valence-electron chi connectivity index (χ4n) is 9.27. The number of allylic oxidation sites excluding steroid dienone is 17. The number of phosphoric acid groups is 1. The molecule has 0 radical (unpaired) electrons. The van der Waals surface area contributed by atoms with E-state index in [4.69, 9.17) is 13.8 Å². The third-order valence-electron chi connectivity index (χ3n) is 14.4. The van der Waals surface area contributed by atoms with Crippen LogP contribution in [0, 0.1) is 0 Å². The molecule has 0 saturated carbocycles. The lowest BCUT2D eigenvalue weighted by Gasteiger charge is -2.27. The highest BCUT2D eigenvalue weighted by atomic mass is 31.2. The zero-order valence-corrected chi connectivity index (χ0v) is 54.8. The third kappa shape index (κ3) is 61.2. The van der Waals surface area contributed by atoms with Crippen molar-refractivity contribution in [2.75, 3.05) is 40.9 Å². The van der Waals surface area contributed by atoms with Crippen LogP contribution in [0.3, 0.4) is 0 Å². The lowest BCUT2D eigenvalue weighted by Crippen LogP contribution is -2.47. The monoisotopic (exact) mass is 1160 g/mol. The van der Waals surface area contributed by atoms with Gasteiger partial charge in [-0.15, -0.1) is 0 Å². The summed E-state index contributed by atoms with van der Waals surface area (Å²) in [4.78, 5) is 37.8. The van der Waals surface area contributed by atoms with Crippen molar-refractivity contribution in [1.82, 2.24) is 5.32 Å². The number of quaternary nitrogens is 1. The van der Waals surface area contributed by atoms with Gasteiger partial charge in [0.05, 0.1) is 33.8 Å². The maximum atomic E-state index is 13.6. The van der Waals surface area contributed by atoms with Crippen LogP contribution in [0.2, 0.25) is 0 Å². The Morgan fingerprint density at radius 3 is 1.20 bits per heavy atom. The summed E-state index contributed by atoms with van der Waals surface area (Å²) in [6.07, 6.45) is 83.8. The van der Waals surface area contributed by atoms with Crippen LogP contribution in [0.4, 0.5) is 0 Å². The Bertz CT molecular complexity index is 1770. The average Bonchev–Trinajstić information content (AvgIpc) is 3.44. The van der Waals surface area contributed by atoms with E-state index >= 15 is 0 Å². The summed E-state index contributed by atoms with van der Waals surface area (Å²) in [5, 5.41) is 3.05. The van der Waals surface area contributed by atoms with E-state index in [9.17, 15) is 19.0 Å². The van der Waals surface area contributed by atoms with Gasteiger partial charge in [0.2, 0.25) is 5.91 Å². The molecular formula is C72H128N2O7P+. The molecule has 0 bridgehead atoms. The molecule has 82 heavy (non-hydrogen) atoms. The van der Waals surface area contributed by atoms with Crippen molar-refractivity contribution in [3.05, 3.63) is 109 Å². The van der Waals surface area contributed by atoms with Crippen molar-refractivity contribution in [2.45, 2.75) is 296 Å². The predicted molar refractivity (Wildman–Crippen MR) is 355 cm³/mol. The van der Waals surface area contributed by atoms with Gasteiger partial charge < -0.3 is 19.4 Å². The zero-order valence-electron chi connectivity index (χ0n) is 54.0. The van der Waals surface area contributed by atoms with Crippen LogP contribution < -0.4 is 5.32 Å². The first-order valence-corrected chi connectivity index (χ1v) is 35.2. The number of esters is 1. The van der Waals surface area contributed by atoms with Crippen molar-refractivity contribution < 1.29 is 37.3 Å². The Hall–Kier alpha value is -3.33. The maximum Gasteiger partial charge on any atom is 0.472 e. The summed E-state index contributed by atoms with van der Waals surface area (Å²) in [6.45, 7) is 6.85. The molecular weight excluding hydrogens is 1040 g/mol. The molecule has 0 heterocycles. The lowest BCUT2D eigenvalue weighted by molar-refractivity contribution is -0.870. The van der Waals surface area contributed by atoms with Crippen LogP contribution in [0.1, 0.15) is 284 Å². The molecule has 9 nitrogen and oxygen atoms in total. The van der Waals surface area contributed by atoms with Crippen molar-refractivity contribution >= 4 is 19.7 Å². The topological polar surface area (TPSA) is 111 Å². The van der Waals surface area contributed by atoms with Crippen LogP contribution in [0.15, 0.2) is 109 Å². The fraction of sp³-hybridized carbons (Fsp3) is 0.722. The van der Waals surface area contributed by atoms with Crippen molar-refractivity contribution in [2.24, 2.45) is 0 Å². The van der Waals surface area contributed by atoms with E-state index in [2.05, 4.69) is 123 Å². The molecule has 0 aromatic carbocycles. The van der Waals surface area contributed by atoms with Gasteiger partial charge in [-0.3, -0.25) is 18.6 Å². The molecule has 0 aliphatic rings. The van der Waals surface area contributed by atoms with Crippen LogP contribution in [0.5, 0.6) is 0 Å². The number of carbonyl (C=O) groups is 2. The second kappa shape index (κ2) is 60.8. The normalized spacial score (nSPS) is 14.3. The van der Waals surface area contributed by atoms with Gasteiger partial charge in [0.15, 0.2) is 0 Å². The minimum atomic E-state index is -4.46. The number of nitrogens with one attached hydrogen (secondary N) is 1. The van der Waals surface area contributed by atoms with E-state index in [1.807, 2.05) is 33.3 Å². The van der Waals surface area contributed by atoms with Gasteiger partial charge in [-0.1, -0.05) is 265 Å². The molecule has 0 aromatic rings. The molecule has 2 N–H and O–H groups in total. The minimum Gasteiger partial charge on any atom is -0.456 e. The minimum absolute atomic E-state index is 0.0307. The van der Waals surface area contributed by atoms with Crippen molar-refractivity contribution in [1.29, 1.82) is 0 Å². The van der Waals surface area contributed by atoms with Gasteiger partial charge in [-0.2, -0.15) is 0 Å². The molecule has 0 fully saturated rings. The Morgan fingerprint density at radius 1 is 0.439 bits per heavy atom. The number of likely N-dealkylation sites (N-methyl/N-ethyl adjacent to an activating group) is 1. The highest BCUT2D eigenvalue weighted by Gasteiger charge is 2.30. The van der Waals surface area contributed by atoms with Gasteiger partial charge in [0.25, 0.3) is 0 Å². The summed E-state index contributed by atoms with van der Waals surface area (Å²) in [7, 11) is 1.47. The number of phosphoric ester groups is 1. The van der Waals surface area contributed by atoms with E-state index < -0.39 is 20.0 Å². The highest BCUT2D eigenvalue weighted by molar-refractivity contribution is 7.47. The Labute approximate surface area is 506 Å². The fourth-order valence-corrected chi connectivity index (χ4v) is 10.0. The first-order valence-electron chi connectivity index (χ1n) is 33.7. The van der Waals surface area contributed by atoms with Gasteiger partial charge in [-0.25, -0.2) is 4.57 Å². The van der Waals surface area contributed by atoms with Crippen LogP contribution >= 0.6 is 7.82 Å². The summed E-state index contributed by atoms with van der Waals surface area (Å²) < 4.78 is 30.7. The molecule has 0 rings (SSSR count).